The number of nitrogens with one attached hydrogen (secondary N) is 1. The lowest BCUT2D eigenvalue weighted by Crippen LogP contribution is -2.14. The molecule has 0 aliphatic carbocycles. The fourth-order valence-electron chi connectivity index (χ4n) is 2.01. The van der Waals surface area contributed by atoms with Gasteiger partial charge in [0.15, 0.2) is 0 Å². The normalized spacial score (nSPS) is 11.5. The van der Waals surface area contributed by atoms with Gasteiger partial charge in [-0.15, -0.1) is 0 Å². The first kappa shape index (κ1) is 18.0. The van der Waals surface area contributed by atoms with E-state index in [4.69, 9.17) is 4.74 Å². The van der Waals surface area contributed by atoms with Crippen molar-refractivity contribution in [3.8, 4) is 0 Å². The van der Waals surface area contributed by atoms with Gasteiger partial charge in [-0.2, -0.15) is 8.78 Å². The SMILES string of the molecule is COCc1cccc(NC(=O)c2ccc(S(=O)(=O)C(F)F)cc2)c1. The number of carbonyl (C=O) groups excluding carboxylic acids is 1. The number of hydrogen-bond acceptors (Lipinski definition) is 4. The fraction of sp³-hybridized carbons (Fsp3) is 0.188. The van der Waals surface area contributed by atoms with E-state index in [1.165, 1.54) is 12.1 Å². The molecular formula is C16H15F2NO4S. The number of anilines is 1. The van der Waals surface area contributed by atoms with Crippen LogP contribution in [-0.2, 0) is 21.2 Å². The van der Waals surface area contributed by atoms with Gasteiger partial charge in [-0.3, -0.25) is 4.79 Å². The number of benzene rings is 2. The Hall–Kier alpha value is -2.32. The molecule has 0 aliphatic rings. The Bertz CT molecular complexity index is 820. The molecule has 0 heterocycles. The second kappa shape index (κ2) is 7.50. The summed E-state index contributed by atoms with van der Waals surface area (Å²) in [7, 11) is -3.11. The molecular weight excluding hydrogens is 340 g/mol. The van der Waals surface area contributed by atoms with Gasteiger partial charge >= 0.3 is 5.76 Å². The van der Waals surface area contributed by atoms with Crippen molar-refractivity contribution in [1.29, 1.82) is 0 Å². The average Bonchev–Trinajstić information content (AvgIpc) is 2.55. The van der Waals surface area contributed by atoms with Crippen LogP contribution in [-0.4, -0.2) is 27.2 Å². The summed E-state index contributed by atoms with van der Waals surface area (Å²) in [6, 6.07) is 11.3. The lowest BCUT2D eigenvalue weighted by atomic mass is 10.2. The third-order valence-corrected chi connectivity index (χ3v) is 4.57. The molecule has 0 spiro atoms. The highest BCUT2D eigenvalue weighted by atomic mass is 32.2. The summed E-state index contributed by atoms with van der Waals surface area (Å²) in [6.07, 6.45) is 0. The van der Waals surface area contributed by atoms with Crippen LogP contribution in [0.2, 0.25) is 0 Å². The molecule has 2 aromatic rings. The first-order chi connectivity index (χ1) is 11.3. The van der Waals surface area contributed by atoms with E-state index >= 15 is 0 Å². The van der Waals surface area contributed by atoms with Gasteiger partial charge in [0.2, 0.25) is 9.84 Å². The molecule has 0 aliphatic heterocycles. The van der Waals surface area contributed by atoms with Crippen molar-refractivity contribution in [3.63, 3.8) is 0 Å². The van der Waals surface area contributed by atoms with E-state index < -0.39 is 26.4 Å². The standard InChI is InChI=1S/C16H15F2NO4S/c1-23-10-11-3-2-4-13(9-11)19-15(20)12-5-7-14(8-6-12)24(21,22)16(17)18/h2-9,16H,10H2,1H3,(H,19,20). The molecule has 0 saturated heterocycles. The molecule has 0 radical (unpaired) electrons. The molecule has 5 nitrogen and oxygen atoms in total. The predicted octanol–water partition coefficient (Wildman–Crippen LogP) is 3.08. The van der Waals surface area contributed by atoms with Gasteiger partial charge in [0.1, 0.15) is 0 Å². The fourth-order valence-corrected chi connectivity index (χ4v) is 2.73. The topological polar surface area (TPSA) is 72.5 Å². The summed E-state index contributed by atoms with van der Waals surface area (Å²) in [4.78, 5) is 11.6. The Morgan fingerprint density at radius 1 is 1.17 bits per heavy atom. The third kappa shape index (κ3) is 4.15. The molecule has 2 rings (SSSR count). The summed E-state index contributed by atoms with van der Waals surface area (Å²) >= 11 is 0. The molecule has 0 unspecified atom stereocenters. The van der Waals surface area contributed by atoms with Crippen molar-refractivity contribution in [2.45, 2.75) is 17.3 Å². The molecule has 1 N–H and O–H groups in total. The van der Waals surface area contributed by atoms with Gasteiger partial charge in [0.25, 0.3) is 5.91 Å². The largest absolute Gasteiger partial charge is 0.380 e. The second-order valence-electron chi connectivity index (χ2n) is 4.92. The molecule has 1 amide bonds. The molecule has 0 bridgehead atoms. The Morgan fingerprint density at radius 3 is 2.42 bits per heavy atom. The van der Waals surface area contributed by atoms with Crippen molar-refractivity contribution >= 4 is 21.4 Å². The number of hydrogen-bond donors (Lipinski definition) is 1. The van der Waals surface area contributed by atoms with Gasteiger partial charge in [-0.05, 0) is 42.0 Å². The molecule has 0 fully saturated rings. The zero-order valence-corrected chi connectivity index (χ0v) is 13.5. The summed E-state index contributed by atoms with van der Waals surface area (Å²) in [5, 5.41) is 2.65. The minimum atomic E-state index is -4.67. The van der Waals surface area contributed by atoms with Crippen molar-refractivity contribution in [2.75, 3.05) is 12.4 Å². The lowest BCUT2D eigenvalue weighted by Gasteiger charge is -2.08. The maximum Gasteiger partial charge on any atom is 0.341 e. The number of methoxy groups -OCH3 is 1. The molecule has 0 atom stereocenters. The first-order valence-electron chi connectivity index (χ1n) is 6.86. The van der Waals surface area contributed by atoms with E-state index in [0.717, 1.165) is 17.7 Å². The second-order valence-corrected chi connectivity index (χ2v) is 6.84. The van der Waals surface area contributed by atoms with E-state index in [0.29, 0.717) is 12.3 Å². The molecule has 24 heavy (non-hydrogen) atoms. The van der Waals surface area contributed by atoms with Crippen molar-refractivity contribution in [1.82, 2.24) is 0 Å². The number of carbonyl (C=O) groups is 1. The maximum atomic E-state index is 12.5. The maximum absolute atomic E-state index is 12.5. The Kier molecular flexibility index (Phi) is 5.63. The number of alkyl halides is 2. The highest BCUT2D eigenvalue weighted by Gasteiger charge is 2.26. The zero-order valence-electron chi connectivity index (χ0n) is 12.7. The van der Waals surface area contributed by atoms with Crippen LogP contribution in [0.1, 0.15) is 15.9 Å². The minimum Gasteiger partial charge on any atom is -0.380 e. The number of amides is 1. The van der Waals surface area contributed by atoms with E-state index in [1.807, 2.05) is 6.07 Å². The highest BCUT2D eigenvalue weighted by Crippen LogP contribution is 2.19. The van der Waals surface area contributed by atoms with E-state index in [9.17, 15) is 22.0 Å². The van der Waals surface area contributed by atoms with Gasteiger partial charge in [-0.25, -0.2) is 8.42 Å². The number of sulfone groups is 1. The lowest BCUT2D eigenvalue weighted by molar-refractivity contribution is 0.102. The van der Waals surface area contributed by atoms with Crippen LogP contribution in [0, 0.1) is 0 Å². The van der Waals surface area contributed by atoms with Crippen LogP contribution in [0.15, 0.2) is 53.4 Å². The highest BCUT2D eigenvalue weighted by molar-refractivity contribution is 7.91. The smallest absolute Gasteiger partial charge is 0.341 e. The van der Waals surface area contributed by atoms with Crippen molar-refractivity contribution in [3.05, 3.63) is 59.7 Å². The molecule has 0 aromatic heterocycles. The molecule has 8 heteroatoms. The predicted molar refractivity (Wildman–Crippen MR) is 84.7 cm³/mol. The van der Waals surface area contributed by atoms with E-state index in [1.54, 1.807) is 25.3 Å². The monoisotopic (exact) mass is 355 g/mol. The van der Waals surface area contributed by atoms with Crippen LogP contribution in [0.3, 0.4) is 0 Å². The van der Waals surface area contributed by atoms with Crippen molar-refractivity contribution in [2.24, 2.45) is 0 Å². The Balaban J connectivity index is 2.15. The Labute approximate surface area is 138 Å². The summed E-state index contributed by atoms with van der Waals surface area (Å²) in [6.45, 7) is 0.393. The van der Waals surface area contributed by atoms with Gasteiger partial charge in [-0.1, -0.05) is 12.1 Å². The van der Waals surface area contributed by atoms with Crippen LogP contribution >= 0.6 is 0 Å². The third-order valence-electron chi connectivity index (χ3n) is 3.18. The average molecular weight is 355 g/mol. The Morgan fingerprint density at radius 2 is 1.83 bits per heavy atom. The zero-order chi connectivity index (χ0) is 17.7. The summed E-state index contributed by atoms with van der Waals surface area (Å²) in [5.41, 5.74) is 1.56. The van der Waals surface area contributed by atoms with Crippen LogP contribution in [0.5, 0.6) is 0 Å². The van der Waals surface area contributed by atoms with Crippen molar-refractivity contribution < 1.29 is 26.7 Å². The molecule has 0 saturated carbocycles. The quantitative estimate of drug-likeness (QED) is 0.864. The number of rotatable bonds is 6. The summed E-state index contributed by atoms with van der Waals surface area (Å²) < 4.78 is 52.6. The van der Waals surface area contributed by atoms with Crippen LogP contribution < -0.4 is 5.32 Å². The van der Waals surface area contributed by atoms with E-state index in [2.05, 4.69) is 5.32 Å². The molecule has 128 valence electrons. The van der Waals surface area contributed by atoms with Gasteiger partial charge in [0, 0.05) is 18.4 Å². The summed E-state index contributed by atoms with van der Waals surface area (Å²) in [5.74, 6) is -3.98. The minimum absolute atomic E-state index is 0.153. The van der Waals surface area contributed by atoms with Gasteiger partial charge in [0.05, 0.1) is 11.5 Å². The molecule has 2 aromatic carbocycles. The van der Waals surface area contributed by atoms with Crippen LogP contribution in [0.25, 0.3) is 0 Å². The van der Waals surface area contributed by atoms with E-state index in [-0.39, 0.29) is 5.56 Å². The first-order valence-corrected chi connectivity index (χ1v) is 8.40. The number of ether oxygens (including phenoxy) is 1. The van der Waals surface area contributed by atoms with Gasteiger partial charge < -0.3 is 10.1 Å². The number of halogens is 2. The van der Waals surface area contributed by atoms with Crippen LogP contribution in [0.4, 0.5) is 14.5 Å².